The molecule has 0 radical (unpaired) electrons. The van der Waals surface area contributed by atoms with Crippen molar-refractivity contribution >= 4 is 0 Å². The van der Waals surface area contributed by atoms with E-state index in [0.717, 1.165) is 24.7 Å². The van der Waals surface area contributed by atoms with Crippen LogP contribution in [0.15, 0.2) is 35.5 Å². The maximum absolute atomic E-state index is 9.60. The molecule has 2 saturated carbocycles. The number of rotatable bonds is 8. The summed E-state index contributed by atoms with van der Waals surface area (Å²) >= 11 is 0. The third-order valence-electron chi connectivity index (χ3n) is 8.11. The molecule has 0 heterocycles. The van der Waals surface area contributed by atoms with E-state index in [9.17, 15) is 5.11 Å². The van der Waals surface area contributed by atoms with Crippen LogP contribution in [-0.2, 0) is 0 Å². The van der Waals surface area contributed by atoms with Gasteiger partial charge in [-0.15, -0.1) is 0 Å². The molecule has 1 N–H and O–H groups in total. The summed E-state index contributed by atoms with van der Waals surface area (Å²) in [6, 6.07) is 0. The minimum atomic E-state index is -0.159. The lowest BCUT2D eigenvalue weighted by Gasteiger charge is -2.49. The van der Waals surface area contributed by atoms with E-state index in [0.29, 0.717) is 11.3 Å². The van der Waals surface area contributed by atoms with Gasteiger partial charge in [0.05, 0.1) is 6.10 Å². The maximum atomic E-state index is 9.60. The van der Waals surface area contributed by atoms with Crippen molar-refractivity contribution in [3.05, 3.63) is 35.5 Å². The fourth-order valence-electron chi connectivity index (χ4n) is 6.12. The van der Waals surface area contributed by atoms with E-state index >= 15 is 0 Å². The van der Waals surface area contributed by atoms with E-state index < -0.39 is 0 Å². The Morgan fingerprint density at radius 2 is 1.82 bits per heavy atom. The molecule has 1 nitrogen and oxygen atoms in total. The molecule has 0 spiro atoms. The first-order valence-corrected chi connectivity index (χ1v) is 12.0. The van der Waals surface area contributed by atoms with Gasteiger partial charge in [0.1, 0.15) is 0 Å². The Kier molecular flexibility index (Phi) is 9.06. The largest absolute Gasteiger partial charge is 0.393 e. The second-order valence-corrected chi connectivity index (χ2v) is 10.1. The molecule has 2 rings (SSSR count). The van der Waals surface area contributed by atoms with Crippen LogP contribution < -0.4 is 0 Å². The van der Waals surface area contributed by atoms with E-state index in [1.54, 1.807) is 5.57 Å². The fourth-order valence-corrected chi connectivity index (χ4v) is 6.12. The molecule has 3 unspecified atom stereocenters. The first-order valence-electron chi connectivity index (χ1n) is 12.0. The average molecular weight is 387 g/mol. The highest BCUT2D eigenvalue weighted by Crippen LogP contribution is 2.52. The lowest BCUT2D eigenvalue weighted by Crippen LogP contribution is -2.40. The zero-order valence-electron chi connectivity index (χ0n) is 19.4. The van der Waals surface area contributed by atoms with Gasteiger partial charge in [0, 0.05) is 0 Å². The van der Waals surface area contributed by atoms with Crippen LogP contribution in [0.25, 0.3) is 0 Å². The Bertz CT molecular complexity index is 567. The predicted molar refractivity (Wildman–Crippen MR) is 123 cm³/mol. The molecule has 160 valence electrons. The summed E-state index contributed by atoms with van der Waals surface area (Å²) in [5, 5.41) is 9.60. The fraction of sp³-hybridized carbons (Fsp3) is 0.778. The van der Waals surface area contributed by atoms with Crippen LogP contribution in [0.4, 0.5) is 0 Å². The summed E-state index contributed by atoms with van der Waals surface area (Å²) in [6.45, 7) is 16.1. The lowest BCUT2D eigenvalue weighted by molar-refractivity contribution is 0.0421. The third-order valence-corrected chi connectivity index (χ3v) is 8.11. The topological polar surface area (TPSA) is 20.2 Å². The van der Waals surface area contributed by atoms with Gasteiger partial charge in [-0.05, 0) is 87.0 Å². The molecular formula is C27H46O. The number of allylic oxidation sites excluding steroid dienone is 5. The van der Waals surface area contributed by atoms with Crippen LogP contribution in [0.3, 0.4) is 0 Å². The molecule has 0 bridgehead atoms. The van der Waals surface area contributed by atoms with Gasteiger partial charge in [0.25, 0.3) is 0 Å². The second-order valence-electron chi connectivity index (χ2n) is 10.1. The van der Waals surface area contributed by atoms with Gasteiger partial charge in [0.2, 0.25) is 0 Å². The van der Waals surface area contributed by atoms with Gasteiger partial charge in [-0.25, -0.2) is 0 Å². The van der Waals surface area contributed by atoms with Gasteiger partial charge in [0.15, 0.2) is 0 Å². The summed E-state index contributed by atoms with van der Waals surface area (Å²) < 4.78 is 0. The average Bonchev–Trinajstić information content (AvgIpc) is 2.64. The Morgan fingerprint density at radius 1 is 1.11 bits per heavy atom. The first kappa shape index (κ1) is 23.5. The minimum Gasteiger partial charge on any atom is -0.393 e. The van der Waals surface area contributed by atoms with Crippen LogP contribution >= 0.6 is 0 Å². The summed E-state index contributed by atoms with van der Waals surface area (Å²) in [4.78, 5) is 0. The number of aliphatic hydroxyl groups excluding tert-OH is 1. The molecule has 2 aliphatic rings. The van der Waals surface area contributed by atoms with Crippen molar-refractivity contribution in [3.8, 4) is 0 Å². The SMILES string of the molecule is C=C1CCCC/C1=C/C=C1\CCC[C@](C)(C(CC)[C@H](C)CCCC(C)O)C1C. The van der Waals surface area contributed by atoms with Gasteiger partial charge >= 0.3 is 0 Å². The molecule has 0 aromatic rings. The number of aliphatic hydroxyl groups is 1. The van der Waals surface area contributed by atoms with E-state index in [1.807, 2.05) is 6.92 Å². The second kappa shape index (κ2) is 10.8. The number of hydrogen-bond acceptors (Lipinski definition) is 1. The van der Waals surface area contributed by atoms with Gasteiger partial charge in [-0.2, -0.15) is 0 Å². The predicted octanol–water partition coefficient (Wildman–Crippen LogP) is 8.01. The molecule has 0 aromatic heterocycles. The van der Waals surface area contributed by atoms with Crippen molar-refractivity contribution in [1.82, 2.24) is 0 Å². The van der Waals surface area contributed by atoms with Crippen molar-refractivity contribution in [2.45, 2.75) is 111 Å². The van der Waals surface area contributed by atoms with Crippen LogP contribution in [0.1, 0.15) is 105 Å². The molecule has 2 aliphatic carbocycles. The Hall–Kier alpha value is -0.820. The van der Waals surface area contributed by atoms with Crippen molar-refractivity contribution in [1.29, 1.82) is 0 Å². The molecule has 2 fully saturated rings. The zero-order valence-corrected chi connectivity index (χ0v) is 19.4. The molecular weight excluding hydrogens is 340 g/mol. The van der Waals surface area contributed by atoms with Gasteiger partial charge < -0.3 is 5.11 Å². The highest BCUT2D eigenvalue weighted by molar-refractivity contribution is 5.35. The van der Waals surface area contributed by atoms with Crippen LogP contribution in [0, 0.1) is 23.2 Å². The van der Waals surface area contributed by atoms with Crippen molar-refractivity contribution in [2.24, 2.45) is 23.2 Å². The standard InChI is InChI=1S/C27H46O/c1-7-26(21(3)13-10-14-22(4)28)27(6)19-11-16-25(23(27)5)18-17-24-15-9-8-12-20(24)2/h17-18,21-23,26,28H,2,7-16,19H2,1,3-6H3/b24-17-,25-18+/t21-,22?,23?,26?,27+/m1/s1. The molecule has 0 saturated heterocycles. The van der Waals surface area contributed by atoms with Crippen LogP contribution in [0.2, 0.25) is 0 Å². The summed E-state index contributed by atoms with van der Waals surface area (Å²) in [6.07, 6.45) is 18.3. The molecule has 0 aromatic carbocycles. The van der Waals surface area contributed by atoms with E-state index in [4.69, 9.17) is 0 Å². The molecule has 28 heavy (non-hydrogen) atoms. The lowest BCUT2D eigenvalue weighted by atomic mass is 9.56. The summed E-state index contributed by atoms with van der Waals surface area (Å²) in [5.74, 6) is 2.14. The summed E-state index contributed by atoms with van der Waals surface area (Å²) in [5.41, 5.74) is 4.92. The van der Waals surface area contributed by atoms with Gasteiger partial charge in [-0.3, -0.25) is 0 Å². The molecule has 0 aliphatic heterocycles. The van der Waals surface area contributed by atoms with E-state index in [1.165, 1.54) is 68.9 Å². The first-order chi connectivity index (χ1) is 13.3. The highest BCUT2D eigenvalue weighted by atomic mass is 16.3. The van der Waals surface area contributed by atoms with E-state index in [2.05, 4.69) is 46.4 Å². The normalized spacial score (nSPS) is 32.5. The van der Waals surface area contributed by atoms with Crippen molar-refractivity contribution in [3.63, 3.8) is 0 Å². The highest BCUT2D eigenvalue weighted by Gasteiger charge is 2.43. The Labute approximate surface area is 175 Å². The Morgan fingerprint density at radius 3 is 2.46 bits per heavy atom. The smallest absolute Gasteiger partial charge is 0.0512 e. The van der Waals surface area contributed by atoms with Crippen LogP contribution in [0.5, 0.6) is 0 Å². The van der Waals surface area contributed by atoms with Crippen LogP contribution in [-0.4, -0.2) is 11.2 Å². The molecule has 0 amide bonds. The minimum absolute atomic E-state index is 0.159. The molecule has 1 heteroatoms. The molecule has 5 atom stereocenters. The zero-order chi connectivity index (χ0) is 20.7. The quantitative estimate of drug-likeness (QED) is 0.448. The Balaban J connectivity index is 2.12. The maximum Gasteiger partial charge on any atom is 0.0512 e. The number of hydrogen-bond donors (Lipinski definition) is 1. The summed E-state index contributed by atoms with van der Waals surface area (Å²) in [7, 11) is 0. The van der Waals surface area contributed by atoms with E-state index in [-0.39, 0.29) is 6.10 Å². The van der Waals surface area contributed by atoms with Gasteiger partial charge in [-0.1, -0.05) is 76.8 Å². The third kappa shape index (κ3) is 5.85. The van der Waals surface area contributed by atoms with Crippen molar-refractivity contribution in [2.75, 3.05) is 0 Å². The van der Waals surface area contributed by atoms with Crippen molar-refractivity contribution < 1.29 is 5.11 Å². The monoisotopic (exact) mass is 386 g/mol.